The van der Waals surface area contributed by atoms with Crippen molar-refractivity contribution in [3.63, 3.8) is 0 Å². The smallest absolute Gasteiger partial charge is 0.306 e. The van der Waals surface area contributed by atoms with Gasteiger partial charge in [-0.05, 0) is 77.0 Å². The fourth-order valence-electron chi connectivity index (χ4n) is 7.41. The third-order valence-corrected chi connectivity index (χ3v) is 11.4. The van der Waals surface area contributed by atoms with E-state index >= 15 is 0 Å². The lowest BCUT2D eigenvalue weighted by atomic mass is 10.0. The van der Waals surface area contributed by atoms with E-state index in [-0.39, 0.29) is 31.1 Å². The van der Waals surface area contributed by atoms with E-state index in [2.05, 4.69) is 57.2 Å². The van der Waals surface area contributed by atoms with E-state index in [1.807, 2.05) is 0 Å². The largest absolute Gasteiger partial charge is 0.462 e. The third-order valence-electron chi connectivity index (χ3n) is 11.4. The number of carbonyl (C=O) groups excluding carboxylic acids is 3. The van der Waals surface area contributed by atoms with Gasteiger partial charge in [0.15, 0.2) is 6.10 Å². The molecule has 0 aromatic rings. The van der Waals surface area contributed by atoms with Crippen LogP contribution in [0.5, 0.6) is 0 Å². The van der Waals surface area contributed by atoms with Crippen LogP contribution in [0.3, 0.4) is 0 Å². The van der Waals surface area contributed by atoms with Crippen LogP contribution in [0, 0.1) is 0 Å². The predicted molar refractivity (Wildman–Crippen MR) is 256 cm³/mol. The number of ether oxygens (including phenoxy) is 3. The number of rotatable bonds is 47. The molecule has 0 fully saturated rings. The first-order chi connectivity index (χ1) is 29.5. The molecule has 0 heterocycles. The highest BCUT2D eigenvalue weighted by atomic mass is 16.6. The van der Waals surface area contributed by atoms with Crippen LogP contribution in [0.1, 0.15) is 271 Å². The van der Waals surface area contributed by atoms with E-state index in [9.17, 15) is 14.4 Å². The minimum Gasteiger partial charge on any atom is -0.462 e. The van der Waals surface area contributed by atoms with Gasteiger partial charge in [0.25, 0.3) is 0 Å². The van der Waals surface area contributed by atoms with Gasteiger partial charge in [-0.1, -0.05) is 211 Å². The van der Waals surface area contributed by atoms with Crippen LogP contribution in [0.2, 0.25) is 0 Å². The molecule has 0 aliphatic heterocycles. The lowest BCUT2D eigenvalue weighted by molar-refractivity contribution is -0.167. The topological polar surface area (TPSA) is 78.9 Å². The SMILES string of the molecule is CCCCC/C=C\C/C=C\CCCCCCCC(=O)OCC(COC(=O)CCCCCCC/C=C\CCCCCC)OC(=O)CCCCCCCCCCCCCCCC. The molecule has 0 bridgehead atoms. The Morgan fingerprint density at radius 2 is 0.600 bits per heavy atom. The Morgan fingerprint density at radius 3 is 0.983 bits per heavy atom. The number of allylic oxidation sites excluding steroid dienone is 6. The van der Waals surface area contributed by atoms with E-state index in [4.69, 9.17) is 14.2 Å². The first kappa shape index (κ1) is 57.6. The second-order valence-corrected chi connectivity index (χ2v) is 17.4. The van der Waals surface area contributed by atoms with Crippen molar-refractivity contribution in [1.82, 2.24) is 0 Å². The maximum Gasteiger partial charge on any atom is 0.306 e. The average molecular weight is 843 g/mol. The summed E-state index contributed by atoms with van der Waals surface area (Å²) in [5.41, 5.74) is 0. The molecule has 0 rings (SSSR count). The Labute approximate surface area is 372 Å². The summed E-state index contributed by atoms with van der Waals surface area (Å²) in [6.45, 7) is 6.60. The van der Waals surface area contributed by atoms with Crippen molar-refractivity contribution in [2.45, 2.75) is 277 Å². The van der Waals surface area contributed by atoms with E-state index < -0.39 is 6.10 Å². The van der Waals surface area contributed by atoms with Gasteiger partial charge in [-0.2, -0.15) is 0 Å². The van der Waals surface area contributed by atoms with Gasteiger partial charge in [0.1, 0.15) is 13.2 Å². The van der Waals surface area contributed by atoms with E-state index in [0.29, 0.717) is 19.3 Å². The summed E-state index contributed by atoms with van der Waals surface area (Å²) in [4.78, 5) is 37.9. The van der Waals surface area contributed by atoms with Crippen molar-refractivity contribution >= 4 is 17.9 Å². The summed E-state index contributed by atoms with van der Waals surface area (Å²) in [5, 5.41) is 0. The van der Waals surface area contributed by atoms with Gasteiger partial charge in [-0.15, -0.1) is 0 Å². The second kappa shape index (κ2) is 49.3. The monoisotopic (exact) mass is 843 g/mol. The first-order valence-corrected chi connectivity index (χ1v) is 26.0. The van der Waals surface area contributed by atoms with Crippen molar-refractivity contribution < 1.29 is 28.6 Å². The molecule has 0 aliphatic carbocycles. The van der Waals surface area contributed by atoms with Crippen LogP contribution < -0.4 is 0 Å². The fourth-order valence-corrected chi connectivity index (χ4v) is 7.41. The molecule has 0 spiro atoms. The van der Waals surface area contributed by atoms with Gasteiger partial charge in [0.2, 0.25) is 0 Å². The fraction of sp³-hybridized carbons (Fsp3) is 0.833. The summed E-state index contributed by atoms with van der Waals surface area (Å²) in [7, 11) is 0. The molecule has 0 aromatic heterocycles. The molecule has 60 heavy (non-hydrogen) atoms. The average Bonchev–Trinajstić information content (AvgIpc) is 3.24. The standard InChI is InChI=1S/C54H98O6/c1-4-7-10-13-16-19-22-25-27-30-32-35-38-41-44-47-53(56)59-50-51(49-58-52(55)46-43-40-37-34-31-28-24-21-18-15-12-9-6-3)60-54(57)48-45-42-39-36-33-29-26-23-20-17-14-11-8-5-2/h16,19,21,24-25,27,51H,4-15,17-18,20,22-23,26,28-50H2,1-3H3/b19-16-,24-21-,27-25-. The summed E-state index contributed by atoms with van der Waals surface area (Å²) < 4.78 is 16.8. The van der Waals surface area contributed by atoms with Gasteiger partial charge in [0.05, 0.1) is 0 Å². The van der Waals surface area contributed by atoms with Crippen molar-refractivity contribution in [3.05, 3.63) is 36.5 Å². The highest BCUT2D eigenvalue weighted by Gasteiger charge is 2.19. The predicted octanol–water partition coefficient (Wildman–Crippen LogP) is 16.9. The Balaban J connectivity index is 4.38. The van der Waals surface area contributed by atoms with Crippen molar-refractivity contribution in [3.8, 4) is 0 Å². The van der Waals surface area contributed by atoms with Crippen LogP contribution in [0.4, 0.5) is 0 Å². The zero-order valence-corrected chi connectivity index (χ0v) is 40.0. The Hall–Kier alpha value is -2.37. The molecule has 0 radical (unpaired) electrons. The minimum atomic E-state index is -0.777. The van der Waals surface area contributed by atoms with Crippen LogP contribution in [0.25, 0.3) is 0 Å². The number of hydrogen-bond donors (Lipinski definition) is 0. The maximum atomic E-state index is 12.8. The molecule has 0 saturated carbocycles. The van der Waals surface area contributed by atoms with Crippen LogP contribution in [0.15, 0.2) is 36.5 Å². The molecule has 1 unspecified atom stereocenters. The van der Waals surface area contributed by atoms with Gasteiger partial charge in [0, 0.05) is 19.3 Å². The highest BCUT2D eigenvalue weighted by Crippen LogP contribution is 2.15. The molecular weight excluding hydrogens is 745 g/mol. The van der Waals surface area contributed by atoms with Gasteiger partial charge in [-0.3, -0.25) is 14.4 Å². The molecular formula is C54H98O6. The molecule has 350 valence electrons. The van der Waals surface area contributed by atoms with Crippen molar-refractivity contribution in [2.75, 3.05) is 13.2 Å². The zero-order valence-electron chi connectivity index (χ0n) is 40.0. The van der Waals surface area contributed by atoms with Crippen LogP contribution >= 0.6 is 0 Å². The molecule has 0 amide bonds. The van der Waals surface area contributed by atoms with Gasteiger partial charge in [-0.25, -0.2) is 0 Å². The number of carbonyl (C=O) groups is 3. The van der Waals surface area contributed by atoms with E-state index in [0.717, 1.165) is 83.5 Å². The lowest BCUT2D eigenvalue weighted by Gasteiger charge is -2.18. The highest BCUT2D eigenvalue weighted by molar-refractivity contribution is 5.71. The molecule has 1 atom stereocenters. The molecule has 0 aromatic carbocycles. The third kappa shape index (κ3) is 46.7. The second-order valence-electron chi connectivity index (χ2n) is 17.4. The summed E-state index contributed by atoms with van der Waals surface area (Å²) in [6.07, 6.45) is 56.9. The van der Waals surface area contributed by atoms with Crippen molar-refractivity contribution in [2.24, 2.45) is 0 Å². The summed E-state index contributed by atoms with van der Waals surface area (Å²) >= 11 is 0. The molecule has 0 saturated heterocycles. The Morgan fingerprint density at radius 1 is 0.333 bits per heavy atom. The quantitative estimate of drug-likeness (QED) is 0.0263. The molecule has 0 aliphatic rings. The first-order valence-electron chi connectivity index (χ1n) is 26.0. The minimum absolute atomic E-state index is 0.0783. The number of esters is 3. The molecule has 6 nitrogen and oxygen atoms in total. The van der Waals surface area contributed by atoms with E-state index in [1.165, 1.54) is 148 Å². The Bertz CT molecular complexity index is 1020. The molecule has 0 N–H and O–H groups in total. The van der Waals surface area contributed by atoms with Crippen LogP contribution in [-0.2, 0) is 28.6 Å². The molecule has 6 heteroatoms. The summed E-state index contributed by atoms with van der Waals surface area (Å²) in [6, 6.07) is 0. The zero-order chi connectivity index (χ0) is 43.7. The van der Waals surface area contributed by atoms with E-state index in [1.54, 1.807) is 0 Å². The van der Waals surface area contributed by atoms with Gasteiger partial charge >= 0.3 is 17.9 Å². The lowest BCUT2D eigenvalue weighted by Crippen LogP contribution is -2.30. The van der Waals surface area contributed by atoms with Crippen molar-refractivity contribution in [1.29, 1.82) is 0 Å². The summed E-state index contributed by atoms with van der Waals surface area (Å²) in [5.74, 6) is -0.890. The maximum absolute atomic E-state index is 12.8. The van der Waals surface area contributed by atoms with Gasteiger partial charge < -0.3 is 14.2 Å². The normalized spacial score (nSPS) is 12.2. The Kier molecular flexibility index (Phi) is 47.3. The number of unbranched alkanes of at least 4 members (excludes halogenated alkanes) is 30. The van der Waals surface area contributed by atoms with Crippen LogP contribution in [-0.4, -0.2) is 37.2 Å². The number of hydrogen-bond acceptors (Lipinski definition) is 6.